The average Bonchev–Trinajstić information content (AvgIpc) is 2.67. The predicted octanol–water partition coefficient (Wildman–Crippen LogP) is 2.80. The number of nitrogens with one attached hydrogen (secondary N) is 1. The number of rotatable bonds is 3. The van der Waals surface area contributed by atoms with E-state index < -0.39 is 43.0 Å². The van der Waals surface area contributed by atoms with Crippen LogP contribution in [-0.2, 0) is 19.1 Å². The van der Waals surface area contributed by atoms with Crippen molar-refractivity contribution in [3.63, 3.8) is 0 Å². The van der Waals surface area contributed by atoms with Gasteiger partial charge < -0.3 is 10.1 Å². The molecule has 1 atom stereocenters. The summed E-state index contributed by atoms with van der Waals surface area (Å²) in [7, 11) is 0. The number of benzene rings is 1. The number of hydrogen-bond donors (Lipinski definition) is 1. The maximum absolute atomic E-state index is 13.5. The molecule has 2 rings (SSSR count). The van der Waals surface area contributed by atoms with Gasteiger partial charge in [-0.1, -0.05) is 17.7 Å². The van der Waals surface area contributed by atoms with E-state index in [0.29, 0.717) is 10.5 Å². The number of allylic oxidation sites excluding steroid dienone is 1. The number of carbonyl (C=O) groups excluding carboxylic acids is 3. The Labute approximate surface area is 147 Å². The van der Waals surface area contributed by atoms with Gasteiger partial charge in [0.2, 0.25) is 5.91 Å². The highest BCUT2D eigenvalue weighted by molar-refractivity contribution is 6.05. The van der Waals surface area contributed by atoms with E-state index in [1.807, 2.05) is 0 Å². The maximum atomic E-state index is 13.5. The Morgan fingerprint density at radius 1 is 1.31 bits per heavy atom. The summed E-state index contributed by atoms with van der Waals surface area (Å²) in [6.45, 7) is 2.38. The molecule has 0 aromatic heterocycles. The lowest BCUT2D eigenvalue weighted by molar-refractivity contribution is -0.159. The van der Waals surface area contributed by atoms with Gasteiger partial charge >= 0.3 is 12.1 Å². The van der Waals surface area contributed by atoms with Crippen LogP contribution in [0.5, 0.6) is 0 Å². The first-order valence-electron chi connectivity index (χ1n) is 7.69. The molecule has 0 bridgehead atoms. The summed E-state index contributed by atoms with van der Waals surface area (Å²) in [5.74, 6) is -2.78. The van der Waals surface area contributed by atoms with Crippen LogP contribution < -0.4 is 10.2 Å². The summed E-state index contributed by atoms with van der Waals surface area (Å²) in [6.07, 6.45) is -4.67. The summed E-state index contributed by atoms with van der Waals surface area (Å²) in [4.78, 5) is 36.3. The number of amides is 2. The number of nitrogens with zero attached hydrogens (tertiary/aromatic N) is 1. The van der Waals surface area contributed by atoms with Gasteiger partial charge in [-0.25, -0.2) is 4.79 Å². The molecule has 0 fully saturated rings. The van der Waals surface area contributed by atoms with E-state index in [0.717, 1.165) is 6.08 Å². The fourth-order valence-electron chi connectivity index (χ4n) is 2.48. The van der Waals surface area contributed by atoms with Gasteiger partial charge in [-0.15, -0.1) is 0 Å². The van der Waals surface area contributed by atoms with Crippen molar-refractivity contribution < 1.29 is 32.3 Å². The lowest BCUT2D eigenvalue weighted by atomic mass is 10.1. The first-order valence-corrected chi connectivity index (χ1v) is 7.69. The zero-order chi connectivity index (χ0) is 19.5. The van der Waals surface area contributed by atoms with Crippen LogP contribution in [0.2, 0.25) is 0 Å². The fraction of sp³-hybridized carbons (Fsp3) is 0.353. The third kappa shape index (κ3) is 4.62. The van der Waals surface area contributed by atoms with Crippen molar-refractivity contribution in [1.29, 1.82) is 0 Å². The number of halogens is 3. The lowest BCUT2D eigenvalue weighted by Crippen LogP contribution is -2.51. The first-order chi connectivity index (χ1) is 12.1. The van der Waals surface area contributed by atoms with Gasteiger partial charge in [0.05, 0.1) is 17.8 Å². The SMILES string of the molecule is CC(C)=CC(=O)OCC(=O)N1c2ccccc2NC(=O)CC1C(F)(F)F. The molecule has 0 radical (unpaired) electrons. The number of esters is 1. The largest absolute Gasteiger partial charge is 0.452 e. The van der Waals surface area contributed by atoms with Crippen molar-refractivity contribution in [2.45, 2.75) is 32.5 Å². The second kappa shape index (κ2) is 7.59. The zero-order valence-electron chi connectivity index (χ0n) is 14.1. The second-order valence-corrected chi connectivity index (χ2v) is 5.92. The van der Waals surface area contributed by atoms with Gasteiger partial charge in [0.25, 0.3) is 5.91 Å². The van der Waals surface area contributed by atoms with Crippen molar-refractivity contribution in [2.24, 2.45) is 0 Å². The highest BCUT2D eigenvalue weighted by atomic mass is 19.4. The summed E-state index contributed by atoms with van der Waals surface area (Å²) in [5, 5.41) is 2.35. The van der Waals surface area contributed by atoms with Gasteiger partial charge in [0.1, 0.15) is 6.04 Å². The second-order valence-electron chi connectivity index (χ2n) is 5.92. The summed E-state index contributed by atoms with van der Waals surface area (Å²) >= 11 is 0. The van der Waals surface area contributed by atoms with Gasteiger partial charge in [0, 0.05) is 6.08 Å². The highest BCUT2D eigenvalue weighted by Gasteiger charge is 2.49. The van der Waals surface area contributed by atoms with E-state index in [2.05, 4.69) is 5.32 Å². The predicted molar refractivity (Wildman–Crippen MR) is 87.4 cm³/mol. The van der Waals surface area contributed by atoms with E-state index in [4.69, 9.17) is 4.74 Å². The zero-order valence-corrected chi connectivity index (χ0v) is 14.1. The molecule has 1 aromatic carbocycles. The maximum Gasteiger partial charge on any atom is 0.409 e. The van der Waals surface area contributed by atoms with Gasteiger partial charge in [0.15, 0.2) is 6.61 Å². The van der Waals surface area contributed by atoms with Crippen LogP contribution in [0, 0.1) is 0 Å². The van der Waals surface area contributed by atoms with Crippen molar-refractivity contribution in [1.82, 2.24) is 0 Å². The van der Waals surface area contributed by atoms with Crippen LogP contribution in [-0.4, -0.2) is 36.6 Å². The minimum absolute atomic E-state index is 0.0771. The quantitative estimate of drug-likeness (QED) is 0.656. The van der Waals surface area contributed by atoms with Crippen LogP contribution >= 0.6 is 0 Å². The van der Waals surface area contributed by atoms with Crippen LogP contribution in [0.4, 0.5) is 24.5 Å². The lowest BCUT2D eigenvalue weighted by Gasteiger charge is -2.31. The Kier molecular flexibility index (Phi) is 5.69. The standard InChI is InChI=1S/C17H17F3N2O4/c1-10(2)7-16(25)26-9-15(24)22-12-6-4-3-5-11(12)21-14(23)8-13(22)17(18,19)20/h3-7,13H,8-9H2,1-2H3,(H,21,23). The Balaban J connectivity index is 2.36. The summed E-state index contributed by atoms with van der Waals surface area (Å²) in [6, 6.07) is 3.28. The molecule has 26 heavy (non-hydrogen) atoms. The van der Waals surface area contributed by atoms with Gasteiger partial charge in [-0.2, -0.15) is 13.2 Å². The Bertz CT molecular complexity index is 755. The molecule has 1 aliphatic heterocycles. The van der Waals surface area contributed by atoms with Crippen molar-refractivity contribution in [3.8, 4) is 0 Å². The molecule has 0 spiro atoms. The molecular formula is C17H17F3N2O4. The Morgan fingerprint density at radius 2 is 1.96 bits per heavy atom. The van der Waals surface area contributed by atoms with Crippen molar-refractivity contribution >= 4 is 29.2 Å². The molecule has 0 aliphatic carbocycles. The third-order valence-corrected chi connectivity index (χ3v) is 3.52. The monoisotopic (exact) mass is 370 g/mol. The molecule has 2 amide bonds. The number of fused-ring (bicyclic) bond motifs is 1. The van der Waals surface area contributed by atoms with E-state index in [9.17, 15) is 27.6 Å². The average molecular weight is 370 g/mol. The molecule has 140 valence electrons. The molecule has 1 heterocycles. The number of para-hydroxylation sites is 2. The summed E-state index contributed by atoms with van der Waals surface area (Å²) < 4.78 is 45.2. The molecule has 1 N–H and O–H groups in total. The van der Waals surface area contributed by atoms with E-state index in [-0.39, 0.29) is 11.4 Å². The van der Waals surface area contributed by atoms with Gasteiger partial charge in [-0.3, -0.25) is 14.5 Å². The highest BCUT2D eigenvalue weighted by Crippen LogP contribution is 2.37. The topological polar surface area (TPSA) is 75.7 Å². The molecule has 0 saturated carbocycles. The third-order valence-electron chi connectivity index (χ3n) is 3.52. The summed E-state index contributed by atoms with van der Waals surface area (Å²) in [5.41, 5.74) is 0.586. The van der Waals surface area contributed by atoms with E-state index >= 15 is 0 Å². The van der Waals surface area contributed by atoms with Gasteiger partial charge in [-0.05, 0) is 26.0 Å². The molecular weight excluding hydrogens is 353 g/mol. The number of ether oxygens (including phenoxy) is 1. The molecule has 1 aromatic rings. The Hall–Kier alpha value is -2.84. The molecule has 1 unspecified atom stereocenters. The van der Waals surface area contributed by atoms with Crippen LogP contribution in [0.25, 0.3) is 0 Å². The fourth-order valence-corrected chi connectivity index (χ4v) is 2.48. The number of hydrogen-bond acceptors (Lipinski definition) is 4. The van der Waals surface area contributed by atoms with E-state index in [1.165, 1.54) is 24.3 Å². The van der Waals surface area contributed by atoms with Crippen LogP contribution in [0.1, 0.15) is 20.3 Å². The van der Waals surface area contributed by atoms with E-state index in [1.54, 1.807) is 13.8 Å². The number of alkyl halides is 3. The number of anilines is 2. The normalized spacial score (nSPS) is 16.9. The van der Waals surface area contributed by atoms with Crippen LogP contribution in [0.15, 0.2) is 35.9 Å². The molecule has 9 heteroatoms. The number of carbonyl (C=O) groups is 3. The minimum atomic E-state index is -4.84. The van der Waals surface area contributed by atoms with Crippen molar-refractivity contribution in [3.05, 3.63) is 35.9 Å². The van der Waals surface area contributed by atoms with Crippen LogP contribution in [0.3, 0.4) is 0 Å². The minimum Gasteiger partial charge on any atom is -0.452 e. The molecule has 6 nitrogen and oxygen atoms in total. The molecule has 0 saturated heterocycles. The molecule has 1 aliphatic rings. The smallest absolute Gasteiger partial charge is 0.409 e. The van der Waals surface area contributed by atoms with Crippen molar-refractivity contribution in [2.75, 3.05) is 16.8 Å². The Morgan fingerprint density at radius 3 is 2.58 bits per heavy atom. The first kappa shape index (κ1) is 19.5.